The van der Waals surface area contributed by atoms with E-state index < -0.39 is 11.9 Å². The summed E-state index contributed by atoms with van der Waals surface area (Å²) < 4.78 is 17.8. The Morgan fingerprint density at radius 2 is 1.83 bits per heavy atom. The van der Waals surface area contributed by atoms with Gasteiger partial charge < -0.3 is 19.5 Å². The van der Waals surface area contributed by atoms with Gasteiger partial charge in [0.05, 0.1) is 19.9 Å². The Bertz CT molecular complexity index is 1410. The highest BCUT2D eigenvalue weighted by molar-refractivity contribution is 6.01. The molecule has 1 N–H and O–H groups in total. The first-order chi connectivity index (χ1) is 17.5. The van der Waals surface area contributed by atoms with E-state index in [2.05, 4.69) is 10.4 Å². The number of esters is 1. The average molecular weight is 489 g/mol. The standard InChI is InChI=1S/C27H28N4O5/c1-5-18-10-7-8-12-21(18)36-16-24(32)30-26-20(27(33)35-6-2)15-28-31(26)23-14-17(3)19-11-9-13-22(34-4)25(19)29-23/h7-15H,5-6,16H2,1-4H3,(H,30,32). The summed E-state index contributed by atoms with van der Waals surface area (Å²) >= 11 is 0. The molecule has 0 spiro atoms. The van der Waals surface area contributed by atoms with Crippen molar-refractivity contribution in [2.24, 2.45) is 0 Å². The van der Waals surface area contributed by atoms with Crippen LogP contribution in [0.4, 0.5) is 5.82 Å². The maximum Gasteiger partial charge on any atom is 0.343 e. The maximum absolute atomic E-state index is 12.9. The zero-order valence-corrected chi connectivity index (χ0v) is 20.7. The predicted octanol–water partition coefficient (Wildman–Crippen LogP) is 4.49. The van der Waals surface area contributed by atoms with E-state index in [1.165, 1.54) is 10.9 Å². The van der Waals surface area contributed by atoms with Gasteiger partial charge in [0, 0.05) is 5.39 Å². The number of nitrogens with zero attached hydrogens (tertiary/aromatic N) is 3. The molecular weight excluding hydrogens is 460 g/mol. The smallest absolute Gasteiger partial charge is 0.343 e. The molecule has 0 atom stereocenters. The fourth-order valence-electron chi connectivity index (χ4n) is 3.90. The Labute approximate surface area is 209 Å². The van der Waals surface area contributed by atoms with Crippen LogP contribution in [0.25, 0.3) is 16.7 Å². The number of para-hydroxylation sites is 2. The van der Waals surface area contributed by atoms with Gasteiger partial charge in [0.2, 0.25) is 0 Å². The van der Waals surface area contributed by atoms with Crippen LogP contribution in [0.3, 0.4) is 0 Å². The number of aromatic nitrogens is 3. The van der Waals surface area contributed by atoms with Crippen LogP contribution in [-0.4, -0.2) is 47.0 Å². The summed E-state index contributed by atoms with van der Waals surface area (Å²) in [6, 6.07) is 15.0. The van der Waals surface area contributed by atoms with Crippen LogP contribution in [0.5, 0.6) is 11.5 Å². The molecule has 0 unspecified atom stereocenters. The fourth-order valence-corrected chi connectivity index (χ4v) is 3.90. The van der Waals surface area contributed by atoms with Crippen molar-refractivity contribution >= 4 is 28.6 Å². The minimum Gasteiger partial charge on any atom is -0.494 e. The summed E-state index contributed by atoms with van der Waals surface area (Å²) in [6.45, 7) is 5.60. The molecule has 1 amide bonds. The van der Waals surface area contributed by atoms with Gasteiger partial charge in [-0.2, -0.15) is 9.78 Å². The molecule has 2 heterocycles. The Kier molecular flexibility index (Phi) is 7.48. The molecule has 0 radical (unpaired) electrons. The Morgan fingerprint density at radius 1 is 1.06 bits per heavy atom. The molecule has 4 aromatic rings. The summed E-state index contributed by atoms with van der Waals surface area (Å²) in [6.07, 6.45) is 2.12. The number of hydrogen-bond donors (Lipinski definition) is 1. The fraction of sp³-hybridized carbons (Fsp3) is 0.259. The number of anilines is 1. The van der Waals surface area contributed by atoms with Crippen LogP contribution in [0, 0.1) is 6.92 Å². The molecule has 4 rings (SSSR count). The summed E-state index contributed by atoms with van der Waals surface area (Å²) in [7, 11) is 1.58. The van der Waals surface area contributed by atoms with Crippen LogP contribution in [0.2, 0.25) is 0 Å². The zero-order valence-electron chi connectivity index (χ0n) is 20.7. The van der Waals surface area contributed by atoms with Crippen LogP contribution < -0.4 is 14.8 Å². The van der Waals surface area contributed by atoms with Crippen LogP contribution in [0.15, 0.2) is 54.7 Å². The number of rotatable bonds is 9. The van der Waals surface area contributed by atoms with Crippen molar-refractivity contribution in [2.75, 3.05) is 25.6 Å². The minimum atomic E-state index is -0.605. The van der Waals surface area contributed by atoms with Gasteiger partial charge in [-0.25, -0.2) is 9.78 Å². The Morgan fingerprint density at radius 3 is 2.58 bits per heavy atom. The highest BCUT2D eigenvalue weighted by Crippen LogP contribution is 2.29. The van der Waals surface area contributed by atoms with Gasteiger partial charge >= 0.3 is 5.97 Å². The van der Waals surface area contributed by atoms with Crippen LogP contribution >= 0.6 is 0 Å². The number of nitrogens with one attached hydrogen (secondary N) is 1. The van der Waals surface area contributed by atoms with E-state index in [-0.39, 0.29) is 24.6 Å². The van der Waals surface area contributed by atoms with E-state index in [9.17, 15) is 9.59 Å². The van der Waals surface area contributed by atoms with Gasteiger partial charge in [-0.15, -0.1) is 0 Å². The first-order valence-corrected chi connectivity index (χ1v) is 11.7. The molecule has 2 aromatic carbocycles. The average Bonchev–Trinajstić information content (AvgIpc) is 3.30. The van der Waals surface area contributed by atoms with Crippen LogP contribution in [-0.2, 0) is 16.0 Å². The van der Waals surface area contributed by atoms with Gasteiger partial charge in [0.15, 0.2) is 18.2 Å². The van der Waals surface area contributed by atoms with Crippen molar-refractivity contribution < 1.29 is 23.8 Å². The Balaban J connectivity index is 1.70. The van der Waals surface area contributed by atoms with Gasteiger partial charge in [-0.3, -0.25) is 4.79 Å². The summed E-state index contributed by atoms with van der Waals surface area (Å²) in [5.74, 6) is 0.728. The lowest BCUT2D eigenvalue weighted by Gasteiger charge is -2.14. The van der Waals surface area contributed by atoms with Gasteiger partial charge in [0.25, 0.3) is 5.91 Å². The lowest BCUT2D eigenvalue weighted by Crippen LogP contribution is -2.24. The topological polar surface area (TPSA) is 105 Å². The van der Waals surface area contributed by atoms with Gasteiger partial charge in [-0.05, 0) is 49.6 Å². The summed E-state index contributed by atoms with van der Waals surface area (Å²) in [5, 5.41) is 8.03. The number of benzene rings is 2. The lowest BCUT2D eigenvalue weighted by atomic mass is 10.1. The number of carbonyl (C=O) groups is 2. The van der Waals surface area contributed by atoms with E-state index in [1.54, 1.807) is 14.0 Å². The molecule has 9 heteroatoms. The normalized spacial score (nSPS) is 10.8. The third-order valence-corrected chi connectivity index (χ3v) is 5.67. The molecule has 36 heavy (non-hydrogen) atoms. The second-order valence-electron chi connectivity index (χ2n) is 7.99. The van der Waals surface area contributed by atoms with Gasteiger partial charge in [-0.1, -0.05) is 37.3 Å². The molecule has 0 bridgehead atoms. The SMILES string of the molecule is CCOC(=O)c1cnn(-c2cc(C)c3cccc(OC)c3n2)c1NC(=O)COc1ccccc1CC. The molecule has 0 aliphatic heterocycles. The number of carbonyl (C=O) groups excluding carboxylic acids is 2. The molecule has 186 valence electrons. The minimum absolute atomic E-state index is 0.110. The third kappa shape index (κ3) is 5.00. The number of fused-ring (bicyclic) bond motifs is 1. The van der Waals surface area contributed by atoms with Crippen molar-refractivity contribution in [1.29, 1.82) is 0 Å². The maximum atomic E-state index is 12.9. The van der Waals surface area contributed by atoms with Gasteiger partial charge in [0.1, 0.15) is 22.6 Å². The molecule has 2 aromatic heterocycles. The molecule has 0 fully saturated rings. The van der Waals surface area contributed by atoms with Crippen molar-refractivity contribution in [3.05, 3.63) is 71.4 Å². The molecule has 0 aliphatic rings. The van der Waals surface area contributed by atoms with E-state index >= 15 is 0 Å². The first kappa shape index (κ1) is 24.7. The number of methoxy groups -OCH3 is 1. The van der Waals surface area contributed by atoms with Crippen molar-refractivity contribution in [3.8, 4) is 17.3 Å². The van der Waals surface area contributed by atoms with Crippen LogP contribution in [0.1, 0.15) is 35.3 Å². The molecule has 9 nitrogen and oxygen atoms in total. The van der Waals surface area contributed by atoms with Crippen molar-refractivity contribution in [3.63, 3.8) is 0 Å². The summed E-state index contributed by atoms with van der Waals surface area (Å²) in [5.41, 5.74) is 2.67. The van der Waals surface area contributed by atoms with E-state index in [0.717, 1.165) is 22.9 Å². The number of ether oxygens (including phenoxy) is 3. The quantitative estimate of drug-likeness (QED) is 0.346. The molecule has 0 saturated carbocycles. The number of hydrogen-bond acceptors (Lipinski definition) is 7. The van der Waals surface area contributed by atoms with Crippen molar-refractivity contribution in [1.82, 2.24) is 14.8 Å². The lowest BCUT2D eigenvalue weighted by molar-refractivity contribution is -0.118. The second-order valence-corrected chi connectivity index (χ2v) is 7.99. The van der Waals surface area contributed by atoms with E-state index in [4.69, 9.17) is 19.2 Å². The highest BCUT2D eigenvalue weighted by atomic mass is 16.5. The first-order valence-electron chi connectivity index (χ1n) is 11.7. The van der Waals surface area contributed by atoms with E-state index in [1.807, 2.05) is 62.4 Å². The Hall–Kier alpha value is -4.40. The number of amides is 1. The molecule has 0 saturated heterocycles. The predicted molar refractivity (Wildman–Crippen MR) is 136 cm³/mol. The third-order valence-electron chi connectivity index (χ3n) is 5.67. The number of pyridine rings is 1. The van der Waals surface area contributed by atoms with Crippen molar-refractivity contribution in [2.45, 2.75) is 27.2 Å². The molecular formula is C27H28N4O5. The second kappa shape index (κ2) is 10.9. The summed E-state index contributed by atoms with van der Waals surface area (Å²) in [4.78, 5) is 30.3. The number of aryl methyl sites for hydroxylation is 2. The van der Waals surface area contributed by atoms with E-state index in [0.29, 0.717) is 22.8 Å². The largest absolute Gasteiger partial charge is 0.494 e. The molecule has 0 aliphatic carbocycles. The zero-order chi connectivity index (χ0) is 25.7. The highest BCUT2D eigenvalue weighted by Gasteiger charge is 2.23. The monoisotopic (exact) mass is 488 g/mol.